The van der Waals surface area contributed by atoms with Crippen molar-refractivity contribution in [2.24, 2.45) is 0 Å². The Bertz CT molecular complexity index is 1330. The molecule has 5 rings (SSSR count). The van der Waals surface area contributed by atoms with Crippen LogP contribution in [0.1, 0.15) is 47.7 Å². The normalized spacial score (nSPS) is 15.4. The quantitative estimate of drug-likeness (QED) is 0.480. The topological polar surface area (TPSA) is 84.7 Å². The molecule has 0 fully saturated rings. The van der Waals surface area contributed by atoms with Crippen molar-refractivity contribution < 1.29 is 4.79 Å². The summed E-state index contributed by atoms with van der Waals surface area (Å²) < 4.78 is 2.08. The molecule has 2 N–H and O–H groups in total. The highest BCUT2D eigenvalue weighted by Crippen LogP contribution is 2.30. The Morgan fingerprint density at radius 3 is 2.81 bits per heavy atom. The molecule has 0 bridgehead atoms. The summed E-state index contributed by atoms with van der Waals surface area (Å²) in [7, 11) is 1.84. The van der Waals surface area contributed by atoms with Crippen LogP contribution >= 0.6 is 0 Å². The summed E-state index contributed by atoms with van der Waals surface area (Å²) in [5.41, 5.74) is 5.37. The predicted octanol–water partition coefficient (Wildman–Crippen LogP) is 4.99. The third-order valence-electron chi connectivity index (χ3n) is 6.20. The number of amides is 1. The summed E-state index contributed by atoms with van der Waals surface area (Å²) >= 11 is 0. The summed E-state index contributed by atoms with van der Waals surface area (Å²) in [6.07, 6.45) is 8.49. The van der Waals surface area contributed by atoms with Gasteiger partial charge in [0, 0.05) is 54.6 Å². The number of hydrogen-bond donors (Lipinski definition) is 2. The number of aryl methyl sites for hydroxylation is 2. The van der Waals surface area contributed by atoms with E-state index < -0.39 is 0 Å². The summed E-state index contributed by atoms with van der Waals surface area (Å²) in [5.74, 6) is 1.65. The van der Waals surface area contributed by atoms with Crippen LogP contribution in [0.3, 0.4) is 0 Å². The van der Waals surface area contributed by atoms with Gasteiger partial charge in [0.05, 0.1) is 11.7 Å². The van der Waals surface area contributed by atoms with Gasteiger partial charge >= 0.3 is 0 Å². The molecule has 0 saturated carbocycles. The van der Waals surface area contributed by atoms with Crippen molar-refractivity contribution in [2.45, 2.75) is 39.2 Å². The van der Waals surface area contributed by atoms with Gasteiger partial charge in [-0.3, -0.25) is 9.78 Å². The molecule has 4 heterocycles. The van der Waals surface area contributed by atoms with Crippen molar-refractivity contribution in [3.8, 4) is 11.1 Å². The van der Waals surface area contributed by atoms with E-state index in [1.54, 1.807) is 6.20 Å². The molecular weight excluding hydrogens is 400 g/mol. The summed E-state index contributed by atoms with van der Waals surface area (Å²) in [6.45, 7) is 4.20. The molecule has 1 unspecified atom stereocenters. The molecule has 1 aliphatic heterocycles. The maximum Gasteiger partial charge on any atom is 0.273 e. The lowest BCUT2D eigenvalue weighted by molar-refractivity contribution is 0.101. The smallest absolute Gasteiger partial charge is 0.273 e. The highest BCUT2D eigenvalue weighted by atomic mass is 16.2. The van der Waals surface area contributed by atoms with E-state index in [-0.39, 0.29) is 11.9 Å². The average Bonchev–Trinajstić information content (AvgIpc) is 3.25. The highest BCUT2D eigenvalue weighted by molar-refractivity contribution is 6.03. The van der Waals surface area contributed by atoms with Crippen LogP contribution in [-0.4, -0.2) is 32.5 Å². The summed E-state index contributed by atoms with van der Waals surface area (Å²) in [4.78, 5) is 26.5. The van der Waals surface area contributed by atoms with Crippen molar-refractivity contribution in [2.75, 3.05) is 17.7 Å². The number of benzene rings is 1. The third-order valence-corrected chi connectivity index (χ3v) is 6.20. The van der Waals surface area contributed by atoms with Crippen LogP contribution in [0, 0.1) is 6.92 Å². The van der Waals surface area contributed by atoms with Gasteiger partial charge in [0.15, 0.2) is 0 Å². The maximum absolute atomic E-state index is 13.1. The Morgan fingerprint density at radius 2 is 1.97 bits per heavy atom. The fraction of sp³-hybridized carbons (Fsp3) is 0.280. The lowest BCUT2D eigenvalue weighted by Gasteiger charge is -2.23. The molecule has 0 aliphatic carbocycles. The molecule has 0 saturated heterocycles. The van der Waals surface area contributed by atoms with Crippen molar-refractivity contribution >= 4 is 28.3 Å². The first kappa shape index (κ1) is 20.2. The standard InChI is InChI=1S/C25H26N6O/c1-15-7-8-19(30-25(32)22-14-29-24-6-4-5-16(2)31(22)24)10-20(15)17-9-18-13-28-23(26-3)11-21(18)27-12-17/h7-14,16H,4-6H2,1-3H3,(H,26,28)(H,30,32). The zero-order valence-electron chi connectivity index (χ0n) is 18.5. The molecule has 3 aromatic heterocycles. The van der Waals surface area contributed by atoms with Gasteiger partial charge in [0.25, 0.3) is 5.91 Å². The van der Waals surface area contributed by atoms with Gasteiger partial charge in [-0.1, -0.05) is 6.07 Å². The minimum atomic E-state index is -0.132. The molecule has 1 amide bonds. The predicted molar refractivity (Wildman–Crippen MR) is 127 cm³/mol. The molecule has 32 heavy (non-hydrogen) atoms. The van der Waals surface area contributed by atoms with Crippen molar-refractivity contribution in [1.82, 2.24) is 19.5 Å². The third kappa shape index (κ3) is 3.60. The molecule has 1 aliphatic rings. The fourth-order valence-electron chi connectivity index (χ4n) is 4.44. The van der Waals surface area contributed by atoms with Gasteiger partial charge in [-0.15, -0.1) is 0 Å². The number of nitrogens with zero attached hydrogens (tertiary/aromatic N) is 4. The zero-order valence-corrected chi connectivity index (χ0v) is 18.5. The number of pyridine rings is 2. The Kier molecular flexibility index (Phi) is 5.09. The number of imidazole rings is 1. The minimum absolute atomic E-state index is 0.132. The number of anilines is 2. The number of nitrogens with one attached hydrogen (secondary N) is 2. The number of aromatic nitrogens is 4. The van der Waals surface area contributed by atoms with E-state index in [1.807, 2.05) is 43.7 Å². The van der Waals surface area contributed by atoms with Crippen LogP contribution in [0.5, 0.6) is 0 Å². The maximum atomic E-state index is 13.1. The second kappa shape index (κ2) is 8.07. The van der Waals surface area contributed by atoms with Gasteiger partial charge in [0.1, 0.15) is 17.3 Å². The van der Waals surface area contributed by atoms with Crippen LogP contribution in [0.2, 0.25) is 0 Å². The van der Waals surface area contributed by atoms with Crippen molar-refractivity contribution in [3.05, 3.63) is 66.0 Å². The molecule has 162 valence electrons. The number of fused-ring (bicyclic) bond motifs is 2. The first-order valence-corrected chi connectivity index (χ1v) is 11.0. The highest BCUT2D eigenvalue weighted by Gasteiger charge is 2.23. The number of carbonyl (C=O) groups is 1. The largest absolute Gasteiger partial charge is 0.373 e. The lowest BCUT2D eigenvalue weighted by atomic mass is 10.00. The summed E-state index contributed by atoms with van der Waals surface area (Å²) in [5, 5.41) is 7.07. The Hall–Kier alpha value is -3.74. The van der Waals surface area contributed by atoms with E-state index in [4.69, 9.17) is 0 Å². The Labute approximate surface area is 186 Å². The van der Waals surface area contributed by atoms with Crippen LogP contribution in [0.4, 0.5) is 11.5 Å². The van der Waals surface area contributed by atoms with Crippen LogP contribution in [-0.2, 0) is 6.42 Å². The fourth-order valence-corrected chi connectivity index (χ4v) is 4.44. The van der Waals surface area contributed by atoms with E-state index in [2.05, 4.69) is 50.1 Å². The minimum Gasteiger partial charge on any atom is -0.373 e. The van der Waals surface area contributed by atoms with Crippen LogP contribution in [0.15, 0.2) is 48.9 Å². The number of hydrogen-bond acceptors (Lipinski definition) is 5. The van der Waals surface area contributed by atoms with Gasteiger partial charge in [0.2, 0.25) is 0 Å². The second-order valence-electron chi connectivity index (χ2n) is 8.39. The van der Waals surface area contributed by atoms with Crippen LogP contribution < -0.4 is 10.6 Å². The van der Waals surface area contributed by atoms with E-state index in [0.29, 0.717) is 5.69 Å². The molecule has 0 radical (unpaired) electrons. The Balaban J connectivity index is 1.45. The van der Waals surface area contributed by atoms with E-state index in [1.165, 1.54) is 0 Å². The first-order valence-electron chi connectivity index (χ1n) is 11.0. The molecule has 1 aromatic carbocycles. The molecule has 7 heteroatoms. The van der Waals surface area contributed by atoms with Gasteiger partial charge in [-0.2, -0.15) is 0 Å². The number of rotatable bonds is 4. The molecule has 1 atom stereocenters. The first-order chi connectivity index (χ1) is 15.5. The average molecular weight is 427 g/mol. The number of carbonyl (C=O) groups excluding carboxylic acids is 1. The molecular formula is C25H26N6O. The molecule has 7 nitrogen and oxygen atoms in total. The van der Waals surface area contributed by atoms with Gasteiger partial charge < -0.3 is 15.2 Å². The summed E-state index contributed by atoms with van der Waals surface area (Å²) in [6, 6.07) is 10.3. The van der Waals surface area contributed by atoms with Crippen molar-refractivity contribution in [1.29, 1.82) is 0 Å². The zero-order chi connectivity index (χ0) is 22.2. The second-order valence-corrected chi connectivity index (χ2v) is 8.39. The van der Waals surface area contributed by atoms with Gasteiger partial charge in [-0.05, 0) is 56.0 Å². The van der Waals surface area contributed by atoms with Crippen LogP contribution in [0.25, 0.3) is 22.0 Å². The van der Waals surface area contributed by atoms with E-state index in [0.717, 1.165) is 64.2 Å². The molecule has 0 spiro atoms. The van der Waals surface area contributed by atoms with Crippen molar-refractivity contribution in [3.63, 3.8) is 0 Å². The Morgan fingerprint density at radius 1 is 1.09 bits per heavy atom. The SMILES string of the molecule is CNc1cc2ncc(-c3cc(NC(=O)c4cnc5n4C(C)CCC5)ccc3C)cc2cn1. The van der Waals surface area contributed by atoms with E-state index >= 15 is 0 Å². The van der Waals surface area contributed by atoms with E-state index in [9.17, 15) is 4.79 Å². The lowest BCUT2D eigenvalue weighted by Crippen LogP contribution is -2.23. The monoisotopic (exact) mass is 426 g/mol. The molecule has 4 aromatic rings. The van der Waals surface area contributed by atoms with Gasteiger partial charge in [-0.25, -0.2) is 9.97 Å².